The Hall–Kier alpha value is -2.07. The van der Waals surface area contributed by atoms with Crippen molar-refractivity contribution in [2.75, 3.05) is 14.2 Å². The maximum absolute atomic E-state index is 5.47. The van der Waals surface area contributed by atoms with Crippen LogP contribution < -0.4 is 14.8 Å². The molecule has 4 heteroatoms. The molecule has 1 aromatic carbocycles. The Kier molecular flexibility index (Phi) is 4.06. The van der Waals surface area contributed by atoms with Crippen molar-refractivity contribution in [1.82, 2.24) is 10.3 Å². The van der Waals surface area contributed by atoms with E-state index < -0.39 is 0 Å². The summed E-state index contributed by atoms with van der Waals surface area (Å²) in [6, 6.07) is 8.63. The molecule has 1 saturated carbocycles. The number of nitrogens with zero attached hydrogens (tertiary/aromatic N) is 1. The first-order valence-corrected chi connectivity index (χ1v) is 7.20. The molecule has 0 amide bonds. The number of rotatable bonds is 6. The average molecular weight is 284 g/mol. The van der Waals surface area contributed by atoms with Crippen LogP contribution in [-0.2, 0) is 6.54 Å². The number of hydrogen-bond acceptors (Lipinski definition) is 4. The largest absolute Gasteiger partial charge is 0.496 e. The molecule has 1 aliphatic rings. The van der Waals surface area contributed by atoms with Crippen LogP contribution >= 0.6 is 0 Å². The van der Waals surface area contributed by atoms with Crippen molar-refractivity contribution in [2.24, 2.45) is 0 Å². The van der Waals surface area contributed by atoms with Crippen molar-refractivity contribution in [2.45, 2.75) is 25.4 Å². The standard InChI is InChI=1S/C17H20N2O2/c1-20-15-4-3-5-16(21-2)17(15)13-8-12(9-18-11-13)10-19-14-6-7-14/h3-5,8-9,11,14,19H,6-7,10H2,1-2H3. The van der Waals surface area contributed by atoms with Crippen LogP contribution in [0.2, 0.25) is 0 Å². The van der Waals surface area contributed by atoms with Gasteiger partial charge < -0.3 is 14.8 Å². The number of nitrogens with one attached hydrogen (secondary N) is 1. The summed E-state index contributed by atoms with van der Waals surface area (Å²) < 4.78 is 10.9. The van der Waals surface area contributed by atoms with Gasteiger partial charge in [-0.05, 0) is 36.6 Å². The Morgan fingerprint density at radius 3 is 2.48 bits per heavy atom. The van der Waals surface area contributed by atoms with Crippen LogP contribution in [0.4, 0.5) is 0 Å². The van der Waals surface area contributed by atoms with E-state index in [-0.39, 0.29) is 0 Å². The normalized spacial score (nSPS) is 14.0. The molecule has 110 valence electrons. The monoisotopic (exact) mass is 284 g/mol. The molecule has 0 saturated heterocycles. The first-order chi connectivity index (χ1) is 10.3. The predicted octanol–water partition coefficient (Wildman–Crippen LogP) is 3.02. The molecule has 0 radical (unpaired) electrons. The Labute approximate surface area is 125 Å². The van der Waals surface area contributed by atoms with Crippen molar-refractivity contribution < 1.29 is 9.47 Å². The fraction of sp³-hybridized carbons (Fsp3) is 0.353. The molecule has 1 aromatic heterocycles. The Morgan fingerprint density at radius 1 is 1.14 bits per heavy atom. The highest BCUT2D eigenvalue weighted by Crippen LogP contribution is 2.38. The van der Waals surface area contributed by atoms with Crippen LogP contribution in [0.25, 0.3) is 11.1 Å². The molecule has 2 aromatic rings. The molecular formula is C17H20N2O2. The third-order valence-corrected chi connectivity index (χ3v) is 3.68. The van der Waals surface area contributed by atoms with Gasteiger partial charge in [0, 0.05) is 30.5 Å². The third-order valence-electron chi connectivity index (χ3n) is 3.68. The minimum Gasteiger partial charge on any atom is -0.496 e. The summed E-state index contributed by atoms with van der Waals surface area (Å²) in [4.78, 5) is 4.36. The van der Waals surface area contributed by atoms with Gasteiger partial charge in [-0.1, -0.05) is 6.07 Å². The number of methoxy groups -OCH3 is 2. The molecule has 0 unspecified atom stereocenters. The number of ether oxygens (including phenoxy) is 2. The van der Waals surface area contributed by atoms with Gasteiger partial charge in [-0.25, -0.2) is 0 Å². The number of benzene rings is 1. The van der Waals surface area contributed by atoms with Crippen molar-refractivity contribution >= 4 is 0 Å². The SMILES string of the molecule is COc1cccc(OC)c1-c1cncc(CNC2CC2)c1. The van der Waals surface area contributed by atoms with Gasteiger partial charge in [0.05, 0.1) is 19.8 Å². The van der Waals surface area contributed by atoms with E-state index in [2.05, 4.69) is 16.4 Å². The second-order valence-electron chi connectivity index (χ2n) is 5.27. The first-order valence-electron chi connectivity index (χ1n) is 7.20. The van der Waals surface area contributed by atoms with E-state index in [0.29, 0.717) is 6.04 Å². The van der Waals surface area contributed by atoms with Gasteiger partial charge >= 0.3 is 0 Å². The van der Waals surface area contributed by atoms with E-state index in [9.17, 15) is 0 Å². The van der Waals surface area contributed by atoms with E-state index in [1.165, 1.54) is 18.4 Å². The summed E-state index contributed by atoms with van der Waals surface area (Å²) in [5, 5.41) is 3.51. The van der Waals surface area contributed by atoms with E-state index in [1.807, 2.05) is 30.6 Å². The average Bonchev–Trinajstić information content (AvgIpc) is 3.36. The zero-order chi connectivity index (χ0) is 14.7. The highest BCUT2D eigenvalue weighted by Gasteiger charge is 2.20. The number of pyridine rings is 1. The van der Waals surface area contributed by atoms with Crippen LogP contribution in [-0.4, -0.2) is 25.2 Å². The molecule has 0 aliphatic heterocycles. The van der Waals surface area contributed by atoms with Crippen molar-refractivity contribution in [3.05, 3.63) is 42.2 Å². The van der Waals surface area contributed by atoms with Crippen LogP contribution in [0.15, 0.2) is 36.7 Å². The minimum absolute atomic E-state index is 0.689. The first kappa shape index (κ1) is 13.9. The van der Waals surface area contributed by atoms with Gasteiger partial charge in [0.2, 0.25) is 0 Å². The van der Waals surface area contributed by atoms with Gasteiger partial charge in [-0.3, -0.25) is 4.98 Å². The lowest BCUT2D eigenvalue weighted by Crippen LogP contribution is -2.15. The molecule has 0 bridgehead atoms. The fourth-order valence-corrected chi connectivity index (χ4v) is 2.41. The Morgan fingerprint density at radius 2 is 1.86 bits per heavy atom. The fourth-order valence-electron chi connectivity index (χ4n) is 2.41. The zero-order valence-electron chi connectivity index (χ0n) is 12.4. The van der Waals surface area contributed by atoms with Gasteiger partial charge in [0.25, 0.3) is 0 Å². The van der Waals surface area contributed by atoms with Gasteiger partial charge in [-0.2, -0.15) is 0 Å². The molecule has 4 nitrogen and oxygen atoms in total. The summed E-state index contributed by atoms with van der Waals surface area (Å²) in [5.74, 6) is 1.59. The topological polar surface area (TPSA) is 43.4 Å². The van der Waals surface area contributed by atoms with Gasteiger partial charge in [0.1, 0.15) is 11.5 Å². The van der Waals surface area contributed by atoms with Crippen LogP contribution in [0, 0.1) is 0 Å². The van der Waals surface area contributed by atoms with Crippen LogP contribution in [0.5, 0.6) is 11.5 Å². The molecule has 1 N–H and O–H groups in total. The van der Waals surface area contributed by atoms with E-state index in [4.69, 9.17) is 9.47 Å². The highest BCUT2D eigenvalue weighted by molar-refractivity contribution is 5.76. The van der Waals surface area contributed by atoms with Crippen molar-refractivity contribution in [1.29, 1.82) is 0 Å². The summed E-state index contributed by atoms with van der Waals surface area (Å²) in [6.07, 6.45) is 6.32. The molecule has 1 heterocycles. The Balaban J connectivity index is 1.93. The number of aromatic nitrogens is 1. The lowest BCUT2D eigenvalue weighted by atomic mass is 10.0. The van der Waals surface area contributed by atoms with Crippen molar-refractivity contribution in [3.63, 3.8) is 0 Å². The highest BCUT2D eigenvalue weighted by atomic mass is 16.5. The quantitative estimate of drug-likeness (QED) is 0.885. The van der Waals surface area contributed by atoms with Gasteiger partial charge in [-0.15, -0.1) is 0 Å². The molecule has 3 rings (SSSR count). The lowest BCUT2D eigenvalue weighted by Gasteiger charge is -2.13. The van der Waals surface area contributed by atoms with Crippen LogP contribution in [0.1, 0.15) is 18.4 Å². The summed E-state index contributed by atoms with van der Waals surface area (Å²) in [7, 11) is 3.34. The van der Waals surface area contributed by atoms with Crippen LogP contribution in [0.3, 0.4) is 0 Å². The lowest BCUT2D eigenvalue weighted by molar-refractivity contribution is 0.397. The molecule has 0 atom stereocenters. The maximum Gasteiger partial charge on any atom is 0.130 e. The number of hydrogen-bond donors (Lipinski definition) is 1. The minimum atomic E-state index is 0.689. The maximum atomic E-state index is 5.47. The van der Waals surface area contributed by atoms with E-state index >= 15 is 0 Å². The second kappa shape index (κ2) is 6.14. The summed E-state index contributed by atoms with van der Waals surface area (Å²) >= 11 is 0. The second-order valence-corrected chi connectivity index (χ2v) is 5.27. The third kappa shape index (κ3) is 3.16. The molecule has 0 spiro atoms. The smallest absolute Gasteiger partial charge is 0.130 e. The van der Waals surface area contributed by atoms with E-state index in [1.54, 1.807) is 14.2 Å². The molecule has 1 aliphatic carbocycles. The van der Waals surface area contributed by atoms with Crippen molar-refractivity contribution in [3.8, 4) is 22.6 Å². The van der Waals surface area contributed by atoms with E-state index in [0.717, 1.165) is 29.2 Å². The molecule has 21 heavy (non-hydrogen) atoms. The Bertz CT molecular complexity index is 602. The summed E-state index contributed by atoms with van der Waals surface area (Å²) in [5.41, 5.74) is 3.13. The predicted molar refractivity (Wildman–Crippen MR) is 82.6 cm³/mol. The molecular weight excluding hydrogens is 264 g/mol. The van der Waals surface area contributed by atoms with Gasteiger partial charge in [0.15, 0.2) is 0 Å². The summed E-state index contributed by atoms with van der Waals surface area (Å²) in [6.45, 7) is 0.850. The zero-order valence-corrected chi connectivity index (χ0v) is 12.4. The molecule has 1 fully saturated rings.